The molecule has 0 aliphatic carbocycles. The predicted octanol–water partition coefficient (Wildman–Crippen LogP) is 3.14. The second-order valence-corrected chi connectivity index (χ2v) is 8.68. The summed E-state index contributed by atoms with van der Waals surface area (Å²) in [6, 6.07) is 10.6. The highest BCUT2D eigenvalue weighted by Crippen LogP contribution is 2.27. The Morgan fingerprint density at radius 3 is 2.55 bits per heavy atom. The van der Waals surface area contributed by atoms with Crippen LogP contribution in [0.4, 0.5) is 4.79 Å². The smallest absolute Gasteiger partial charge is 0.481 e. The summed E-state index contributed by atoms with van der Waals surface area (Å²) in [5.41, 5.74) is 4.25. The van der Waals surface area contributed by atoms with Crippen molar-refractivity contribution in [3.8, 4) is 23.0 Å². The molecule has 0 aromatic carbocycles. The number of methoxy groups -OCH3 is 1. The summed E-state index contributed by atoms with van der Waals surface area (Å²) in [5.74, 6) is -0.0311. The minimum absolute atomic E-state index is 0.117. The molecular weight excluding hydrogens is 424 g/mol. The van der Waals surface area contributed by atoms with E-state index < -0.39 is 22.2 Å². The maximum Gasteiger partial charge on any atom is 0.544 e. The van der Waals surface area contributed by atoms with Crippen LogP contribution in [0.25, 0.3) is 17.1 Å². The lowest BCUT2D eigenvalue weighted by Gasteiger charge is -2.28. The van der Waals surface area contributed by atoms with Crippen LogP contribution in [-0.2, 0) is 4.74 Å². The number of pyridine rings is 2. The van der Waals surface area contributed by atoms with Gasteiger partial charge in [-0.3, -0.25) is 4.98 Å². The van der Waals surface area contributed by atoms with Gasteiger partial charge in [0.15, 0.2) is 5.69 Å². The van der Waals surface area contributed by atoms with Crippen molar-refractivity contribution in [3.63, 3.8) is 0 Å². The fourth-order valence-electron chi connectivity index (χ4n) is 3.61. The molecule has 1 N–H and O–H groups in total. The lowest BCUT2D eigenvalue weighted by molar-refractivity contribution is -0.809. The highest BCUT2D eigenvalue weighted by atomic mass is 16.6. The molecule has 10 heteroatoms. The Balaban J connectivity index is 1.79. The lowest BCUT2D eigenvalue weighted by atomic mass is 10.2. The molecule has 0 saturated carbocycles. The lowest BCUT2D eigenvalue weighted by Crippen LogP contribution is -2.62. The second-order valence-electron chi connectivity index (χ2n) is 8.68. The third kappa shape index (κ3) is 4.48. The summed E-state index contributed by atoms with van der Waals surface area (Å²) < 4.78 is 11.7. The first-order valence-electron chi connectivity index (χ1n) is 10.7. The van der Waals surface area contributed by atoms with Gasteiger partial charge in [0.2, 0.25) is 5.88 Å². The van der Waals surface area contributed by atoms with Gasteiger partial charge in [0, 0.05) is 24.8 Å². The molecule has 0 spiro atoms. The first kappa shape index (κ1) is 22.6. The summed E-state index contributed by atoms with van der Waals surface area (Å²) in [4.78, 5) is 35.5. The van der Waals surface area contributed by atoms with Crippen molar-refractivity contribution < 1.29 is 23.7 Å². The van der Waals surface area contributed by atoms with Gasteiger partial charge in [0.1, 0.15) is 12.1 Å². The summed E-state index contributed by atoms with van der Waals surface area (Å²) in [6.45, 7) is 6.11. The molecule has 10 nitrogen and oxygen atoms in total. The van der Waals surface area contributed by atoms with E-state index in [4.69, 9.17) is 9.47 Å². The number of rotatable bonds is 4. The van der Waals surface area contributed by atoms with E-state index in [-0.39, 0.29) is 12.2 Å². The highest BCUT2D eigenvalue weighted by molar-refractivity contribution is 5.94. The second kappa shape index (κ2) is 8.72. The van der Waals surface area contributed by atoms with Crippen molar-refractivity contribution in [2.75, 3.05) is 20.2 Å². The molecule has 1 fully saturated rings. The fourth-order valence-corrected chi connectivity index (χ4v) is 3.61. The molecule has 33 heavy (non-hydrogen) atoms. The van der Waals surface area contributed by atoms with Crippen LogP contribution in [0.1, 0.15) is 37.7 Å². The van der Waals surface area contributed by atoms with Crippen molar-refractivity contribution in [2.24, 2.45) is 0 Å². The first-order chi connectivity index (χ1) is 15.7. The zero-order chi connectivity index (χ0) is 23.6. The Labute approximate surface area is 191 Å². The molecule has 1 unspecified atom stereocenters. The first-order valence-corrected chi connectivity index (χ1v) is 10.7. The summed E-state index contributed by atoms with van der Waals surface area (Å²) in [5, 5.41) is 4.56. The molecule has 4 rings (SSSR count). The van der Waals surface area contributed by atoms with Crippen LogP contribution in [0, 0.1) is 0 Å². The normalized spacial score (nSPS) is 18.2. The van der Waals surface area contributed by atoms with Gasteiger partial charge in [-0.05, 0) is 39.0 Å². The van der Waals surface area contributed by atoms with Crippen LogP contribution < -0.4 is 10.2 Å². The number of quaternary nitrogens is 1. The Morgan fingerprint density at radius 2 is 1.97 bits per heavy atom. The number of carbonyl (C=O) groups excluding carboxylic acids is 2. The maximum absolute atomic E-state index is 13.7. The van der Waals surface area contributed by atoms with Gasteiger partial charge >= 0.3 is 12.0 Å². The van der Waals surface area contributed by atoms with Gasteiger partial charge in [-0.1, -0.05) is 10.7 Å². The molecule has 1 aliphatic heterocycles. The van der Waals surface area contributed by atoms with E-state index in [0.29, 0.717) is 35.9 Å². The molecule has 3 aromatic heterocycles. The van der Waals surface area contributed by atoms with Crippen LogP contribution in [0.2, 0.25) is 0 Å². The SMILES string of the molecule is COc1ccc(-n2nc(C(=O)[N+]3(C(=O)OC(C)(C)C)CCCN3)cc2-c2ccccn2)cn1. The molecule has 0 radical (unpaired) electrons. The zero-order valence-electron chi connectivity index (χ0n) is 19.1. The van der Waals surface area contributed by atoms with Gasteiger partial charge in [-0.2, -0.15) is 9.89 Å². The van der Waals surface area contributed by atoms with Gasteiger partial charge < -0.3 is 9.47 Å². The Kier molecular flexibility index (Phi) is 5.96. The average Bonchev–Trinajstić information content (AvgIpc) is 3.47. The van der Waals surface area contributed by atoms with Crippen LogP contribution in [0.3, 0.4) is 0 Å². The number of nitrogens with one attached hydrogen (secondary N) is 1. The number of carbonyl (C=O) groups is 2. The quantitative estimate of drug-likeness (QED) is 0.603. The highest BCUT2D eigenvalue weighted by Gasteiger charge is 2.53. The van der Waals surface area contributed by atoms with Crippen LogP contribution in [0.15, 0.2) is 48.8 Å². The molecular formula is C23H27N6O4+. The van der Waals surface area contributed by atoms with E-state index in [1.807, 2.05) is 18.2 Å². The summed E-state index contributed by atoms with van der Waals surface area (Å²) in [7, 11) is 1.54. The number of ether oxygens (including phenoxy) is 2. The predicted molar refractivity (Wildman–Crippen MR) is 119 cm³/mol. The summed E-state index contributed by atoms with van der Waals surface area (Å²) in [6.07, 6.45) is 3.27. The van der Waals surface area contributed by atoms with Gasteiger partial charge in [0.05, 0.1) is 36.9 Å². The van der Waals surface area contributed by atoms with Crippen LogP contribution in [0.5, 0.6) is 5.88 Å². The fraction of sp³-hybridized carbons (Fsp3) is 0.348. The van der Waals surface area contributed by atoms with E-state index in [1.165, 1.54) is 7.11 Å². The Bertz CT molecular complexity index is 1150. The number of imide groups is 1. The summed E-state index contributed by atoms with van der Waals surface area (Å²) >= 11 is 0. The topological polar surface area (TPSA) is 108 Å². The molecule has 3 aromatic rings. The van der Waals surface area contributed by atoms with Gasteiger partial charge in [-0.25, -0.2) is 14.5 Å². The minimum Gasteiger partial charge on any atom is -0.481 e. The molecule has 4 heterocycles. The molecule has 2 amide bonds. The number of amides is 2. The van der Waals surface area contributed by atoms with Crippen molar-refractivity contribution in [1.29, 1.82) is 0 Å². The molecule has 1 saturated heterocycles. The number of nitrogens with zero attached hydrogens (tertiary/aromatic N) is 5. The Hall–Kier alpha value is -3.63. The van der Waals surface area contributed by atoms with Crippen LogP contribution in [-0.4, -0.2) is 62.1 Å². The third-order valence-corrected chi connectivity index (χ3v) is 5.13. The minimum atomic E-state index is -0.736. The Morgan fingerprint density at radius 1 is 1.15 bits per heavy atom. The van der Waals surface area contributed by atoms with E-state index >= 15 is 0 Å². The van der Waals surface area contributed by atoms with Crippen LogP contribution >= 0.6 is 0 Å². The molecule has 172 valence electrons. The van der Waals surface area contributed by atoms with Crippen molar-refractivity contribution >= 4 is 12.0 Å². The zero-order valence-corrected chi connectivity index (χ0v) is 19.1. The molecule has 0 bridgehead atoms. The van der Waals surface area contributed by atoms with E-state index in [2.05, 4.69) is 20.5 Å². The number of hydrogen-bond acceptors (Lipinski definition) is 8. The molecule has 1 aliphatic rings. The van der Waals surface area contributed by atoms with E-state index in [0.717, 1.165) is 0 Å². The van der Waals surface area contributed by atoms with Crippen molar-refractivity contribution in [1.82, 2.24) is 25.2 Å². The van der Waals surface area contributed by atoms with Crippen molar-refractivity contribution in [2.45, 2.75) is 32.8 Å². The van der Waals surface area contributed by atoms with Crippen molar-refractivity contribution in [3.05, 3.63) is 54.5 Å². The number of aromatic nitrogens is 4. The third-order valence-electron chi connectivity index (χ3n) is 5.13. The maximum atomic E-state index is 13.7. The van der Waals surface area contributed by atoms with E-state index in [9.17, 15) is 9.59 Å². The van der Waals surface area contributed by atoms with Gasteiger partial charge in [-0.15, -0.1) is 5.43 Å². The largest absolute Gasteiger partial charge is 0.544 e. The number of hydrogen-bond donors (Lipinski definition) is 1. The average molecular weight is 452 g/mol. The monoisotopic (exact) mass is 451 g/mol. The van der Waals surface area contributed by atoms with Gasteiger partial charge in [0.25, 0.3) is 0 Å². The standard InChI is InChI=1S/C23H27N6O4/c1-23(2,3)33-22(31)29(13-7-12-26-29)21(30)18-14-19(17-8-5-6-11-24-17)28(27-18)16-9-10-20(32-4)25-15-16/h5-6,8-11,14-15,26H,7,12-13H2,1-4H3/q+1. The molecule has 1 atom stereocenters. The van der Waals surface area contributed by atoms with E-state index in [1.54, 1.807) is 56.0 Å².